The smallest absolute Gasteiger partial charge is 0.251 e. The van der Waals surface area contributed by atoms with Gasteiger partial charge in [0.25, 0.3) is 5.91 Å². The van der Waals surface area contributed by atoms with Crippen molar-refractivity contribution in [2.24, 2.45) is 5.73 Å². The van der Waals surface area contributed by atoms with Gasteiger partial charge >= 0.3 is 0 Å². The molecule has 100 valence electrons. The number of carbonyl (C=O) groups is 1. The van der Waals surface area contributed by atoms with Crippen molar-refractivity contribution >= 4 is 11.6 Å². The Kier molecular flexibility index (Phi) is 5.61. The van der Waals surface area contributed by atoms with Gasteiger partial charge in [0.2, 0.25) is 0 Å². The van der Waals surface area contributed by atoms with E-state index in [4.69, 9.17) is 10.5 Å². The maximum absolute atomic E-state index is 11.9. The normalized spacial score (nSPS) is 12.0. The van der Waals surface area contributed by atoms with Crippen LogP contribution < -0.4 is 16.0 Å². The summed E-state index contributed by atoms with van der Waals surface area (Å²) in [6, 6.07) is 7.25. The summed E-state index contributed by atoms with van der Waals surface area (Å²) in [5.41, 5.74) is 7.22. The largest absolute Gasteiger partial charge is 0.383 e. The van der Waals surface area contributed by atoms with Gasteiger partial charge in [-0.05, 0) is 24.3 Å². The van der Waals surface area contributed by atoms with Crippen LogP contribution in [-0.2, 0) is 4.74 Å². The molecular formula is C13H21N3O2. The third-order valence-electron chi connectivity index (χ3n) is 2.63. The van der Waals surface area contributed by atoms with Gasteiger partial charge in [-0.15, -0.1) is 0 Å². The number of nitrogens with two attached hydrogens (primary N) is 1. The van der Waals surface area contributed by atoms with Crippen LogP contribution in [0.5, 0.6) is 0 Å². The maximum Gasteiger partial charge on any atom is 0.251 e. The third-order valence-corrected chi connectivity index (χ3v) is 2.63. The average Bonchev–Trinajstić information content (AvgIpc) is 2.38. The molecule has 1 unspecified atom stereocenters. The van der Waals surface area contributed by atoms with Crippen LogP contribution in [0.4, 0.5) is 5.69 Å². The Morgan fingerprint density at radius 1 is 1.39 bits per heavy atom. The van der Waals surface area contributed by atoms with Crippen LogP contribution in [0, 0.1) is 0 Å². The van der Waals surface area contributed by atoms with Crippen LogP contribution in [0.2, 0.25) is 0 Å². The minimum Gasteiger partial charge on any atom is -0.383 e. The maximum atomic E-state index is 11.9. The molecule has 1 atom stereocenters. The fourth-order valence-electron chi connectivity index (χ4n) is 1.55. The fourth-order valence-corrected chi connectivity index (χ4v) is 1.55. The zero-order chi connectivity index (χ0) is 13.5. The molecule has 0 radical (unpaired) electrons. The van der Waals surface area contributed by atoms with E-state index in [-0.39, 0.29) is 11.9 Å². The average molecular weight is 251 g/mol. The van der Waals surface area contributed by atoms with E-state index in [1.165, 1.54) is 0 Å². The van der Waals surface area contributed by atoms with Crippen LogP contribution in [0.1, 0.15) is 10.4 Å². The summed E-state index contributed by atoms with van der Waals surface area (Å²) in [5, 5.41) is 2.83. The molecule has 0 aliphatic heterocycles. The standard InChI is InChI=1S/C13H21N3O2/c1-16(2)12-6-4-10(5-7-12)13(17)15-11(8-14)9-18-3/h4-7,11H,8-9,14H2,1-3H3,(H,15,17). The number of benzene rings is 1. The first-order valence-electron chi connectivity index (χ1n) is 5.85. The number of hydrogen-bond acceptors (Lipinski definition) is 4. The second kappa shape index (κ2) is 6.98. The zero-order valence-corrected chi connectivity index (χ0v) is 11.1. The van der Waals surface area contributed by atoms with Crippen molar-refractivity contribution in [2.75, 3.05) is 39.3 Å². The Balaban J connectivity index is 2.66. The highest BCUT2D eigenvalue weighted by molar-refractivity contribution is 5.94. The predicted molar refractivity (Wildman–Crippen MR) is 73.0 cm³/mol. The first kappa shape index (κ1) is 14.5. The van der Waals surface area contributed by atoms with Crippen LogP contribution in [0.3, 0.4) is 0 Å². The van der Waals surface area contributed by atoms with E-state index in [2.05, 4.69) is 5.32 Å². The quantitative estimate of drug-likeness (QED) is 0.770. The molecule has 0 saturated carbocycles. The van der Waals surface area contributed by atoms with E-state index in [9.17, 15) is 4.79 Å². The van der Waals surface area contributed by atoms with E-state index < -0.39 is 0 Å². The van der Waals surface area contributed by atoms with Crippen molar-refractivity contribution in [1.29, 1.82) is 0 Å². The Hall–Kier alpha value is -1.59. The van der Waals surface area contributed by atoms with Crippen LogP contribution in [0.15, 0.2) is 24.3 Å². The number of ether oxygens (including phenoxy) is 1. The molecule has 0 saturated heterocycles. The molecule has 3 N–H and O–H groups in total. The molecule has 18 heavy (non-hydrogen) atoms. The number of hydrogen-bond donors (Lipinski definition) is 2. The van der Waals surface area contributed by atoms with Gasteiger partial charge in [0.1, 0.15) is 0 Å². The first-order chi connectivity index (χ1) is 8.58. The lowest BCUT2D eigenvalue weighted by atomic mass is 10.1. The fraction of sp³-hybridized carbons (Fsp3) is 0.462. The summed E-state index contributed by atoms with van der Waals surface area (Å²) in [6.07, 6.45) is 0. The Bertz CT molecular complexity index is 376. The van der Waals surface area contributed by atoms with E-state index in [0.717, 1.165) is 5.69 Å². The van der Waals surface area contributed by atoms with Gasteiger partial charge in [-0.25, -0.2) is 0 Å². The molecule has 0 aliphatic rings. The monoisotopic (exact) mass is 251 g/mol. The summed E-state index contributed by atoms with van der Waals surface area (Å²) >= 11 is 0. The molecule has 5 nitrogen and oxygen atoms in total. The summed E-state index contributed by atoms with van der Waals surface area (Å²) in [7, 11) is 5.50. The summed E-state index contributed by atoms with van der Waals surface area (Å²) in [4.78, 5) is 13.9. The molecule has 1 aromatic carbocycles. The molecule has 0 spiro atoms. The molecule has 0 aromatic heterocycles. The highest BCUT2D eigenvalue weighted by Crippen LogP contribution is 2.12. The molecular weight excluding hydrogens is 230 g/mol. The van der Waals surface area contributed by atoms with Crippen molar-refractivity contribution in [3.05, 3.63) is 29.8 Å². The Morgan fingerprint density at radius 3 is 2.44 bits per heavy atom. The SMILES string of the molecule is COCC(CN)NC(=O)c1ccc(N(C)C)cc1. The number of carbonyl (C=O) groups excluding carboxylic acids is 1. The van der Waals surface area contributed by atoms with Gasteiger partial charge in [-0.2, -0.15) is 0 Å². The minimum absolute atomic E-state index is 0.132. The molecule has 0 fully saturated rings. The Labute approximate surface area is 108 Å². The van der Waals surface area contributed by atoms with Crippen molar-refractivity contribution in [3.63, 3.8) is 0 Å². The number of methoxy groups -OCH3 is 1. The first-order valence-corrected chi connectivity index (χ1v) is 5.85. The van der Waals surface area contributed by atoms with Gasteiger partial charge in [-0.3, -0.25) is 4.79 Å². The topological polar surface area (TPSA) is 67.6 Å². The zero-order valence-electron chi connectivity index (χ0n) is 11.1. The molecule has 1 aromatic rings. The van der Waals surface area contributed by atoms with Crippen LogP contribution >= 0.6 is 0 Å². The summed E-state index contributed by atoms with van der Waals surface area (Å²) in [5.74, 6) is -0.132. The number of anilines is 1. The van der Waals surface area contributed by atoms with Gasteiger partial charge in [0, 0.05) is 39.0 Å². The minimum atomic E-state index is -0.156. The molecule has 1 rings (SSSR count). The second-order valence-corrected chi connectivity index (χ2v) is 4.30. The number of rotatable bonds is 6. The summed E-state index contributed by atoms with van der Waals surface area (Å²) in [6.45, 7) is 0.771. The van der Waals surface area contributed by atoms with E-state index in [0.29, 0.717) is 18.7 Å². The van der Waals surface area contributed by atoms with Gasteiger partial charge in [0.15, 0.2) is 0 Å². The lowest BCUT2D eigenvalue weighted by Crippen LogP contribution is -2.43. The lowest BCUT2D eigenvalue weighted by molar-refractivity contribution is 0.0900. The number of amides is 1. The summed E-state index contributed by atoms with van der Waals surface area (Å²) < 4.78 is 4.98. The number of nitrogens with one attached hydrogen (secondary N) is 1. The lowest BCUT2D eigenvalue weighted by Gasteiger charge is -2.16. The van der Waals surface area contributed by atoms with Crippen LogP contribution in [-0.4, -0.2) is 46.3 Å². The van der Waals surface area contributed by atoms with Crippen molar-refractivity contribution < 1.29 is 9.53 Å². The van der Waals surface area contributed by atoms with Gasteiger partial charge in [-0.1, -0.05) is 0 Å². The van der Waals surface area contributed by atoms with E-state index in [1.807, 2.05) is 31.1 Å². The molecule has 0 aliphatic carbocycles. The van der Waals surface area contributed by atoms with E-state index >= 15 is 0 Å². The highest BCUT2D eigenvalue weighted by atomic mass is 16.5. The molecule has 0 bridgehead atoms. The molecule has 0 heterocycles. The number of nitrogens with zero attached hydrogens (tertiary/aromatic N) is 1. The molecule has 1 amide bonds. The highest BCUT2D eigenvalue weighted by Gasteiger charge is 2.12. The van der Waals surface area contributed by atoms with Gasteiger partial charge < -0.3 is 20.7 Å². The van der Waals surface area contributed by atoms with Crippen LogP contribution in [0.25, 0.3) is 0 Å². The third kappa shape index (κ3) is 4.01. The molecule has 5 heteroatoms. The predicted octanol–water partition coefficient (Wildman–Crippen LogP) is 0.456. The van der Waals surface area contributed by atoms with Crippen molar-refractivity contribution in [2.45, 2.75) is 6.04 Å². The van der Waals surface area contributed by atoms with E-state index in [1.54, 1.807) is 19.2 Å². The van der Waals surface area contributed by atoms with Gasteiger partial charge in [0.05, 0.1) is 12.6 Å². The Morgan fingerprint density at radius 2 is 2.00 bits per heavy atom. The van der Waals surface area contributed by atoms with Crippen molar-refractivity contribution in [3.8, 4) is 0 Å². The van der Waals surface area contributed by atoms with Crippen molar-refractivity contribution in [1.82, 2.24) is 5.32 Å². The second-order valence-electron chi connectivity index (χ2n) is 4.30.